The lowest BCUT2D eigenvalue weighted by Crippen LogP contribution is -2.62. The number of nitrogens with two attached hydrogens (primary N) is 2. The molecule has 3 aromatic carbocycles. The van der Waals surface area contributed by atoms with Gasteiger partial charge in [-0.2, -0.15) is 0 Å². The molecule has 1 fully saturated rings. The van der Waals surface area contributed by atoms with Crippen molar-refractivity contribution in [2.75, 3.05) is 24.7 Å². The Morgan fingerprint density at radius 3 is 1.96 bits per heavy atom. The number of fused-ring (bicyclic) bond motifs is 1. The highest BCUT2D eigenvalue weighted by molar-refractivity contribution is 8.76. The van der Waals surface area contributed by atoms with Crippen molar-refractivity contribution < 1.29 is 48.9 Å². The molecule has 15 N–H and O–H groups in total. The predicted molar refractivity (Wildman–Crippen MR) is 272 cm³/mol. The molecule has 2 heterocycles. The quantitative estimate of drug-likeness (QED) is 0.0455. The van der Waals surface area contributed by atoms with Gasteiger partial charge in [0.25, 0.3) is 0 Å². The number of hydrogen-bond acceptors (Lipinski definition) is 14. The summed E-state index contributed by atoms with van der Waals surface area (Å²) in [5.74, 6) is -6.01. The molecule has 0 spiro atoms. The number of nitrogens with one attached hydrogen (secondary N) is 8. The van der Waals surface area contributed by atoms with E-state index in [1.807, 2.05) is 30.3 Å². The van der Waals surface area contributed by atoms with Crippen LogP contribution in [0.15, 0.2) is 91.1 Å². The van der Waals surface area contributed by atoms with Crippen LogP contribution in [0.2, 0.25) is 0 Å². The highest BCUT2D eigenvalue weighted by Crippen LogP contribution is 2.24. The molecule has 0 bridgehead atoms. The van der Waals surface area contributed by atoms with Crippen LogP contribution >= 0.6 is 21.6 Å². The molecule has 20 nitrogen and oxygen atoms in total. The minimum absolute atomic E-state index is 0.0340. The summed E-state index contributed by atoms with van der Waals surface area (Å²) in [4.78, 5) is 103. The van der Waals surface area contributed by atoms with Gasteiger partial charge in [0.1, 0.15) is 36.3 Å². The maximum atomic E-state index is 14.7. The second-order valence-corrected chi connectivity index (χ2v) is 20.0. The Morgan fingerprint density at radius 1 is 0.718 bits per heavy atom. The van der Waals surface area contributed by atoms with Gasteiger partial charge >= 0.3 is 0 Å². The van der Waals surface area contributed by atoms with Crippen LogP contribution < -0.4 is 48.7 Å². The third-order valence-electron chi connectivity index (χ3n) is 11.9. The van der Waals surface area contributed by atoms with Crippen LogP contribution in [0.3, 0.4) is 0 Å². The highest BCUT2D eigenvalue weighted by atomic mass is 33.1. The second kappa shape index (κ2) is 28.1. The summed E-state index contributed by atoms with van der Waals surface area (Å²) in [6.07, 6.45) is -0.156. The van der Waals surface area contributed by atoms with E-state index in [1.54, 1.807) is 60.8 Å². The summed E-state index contributed by atoms with van der Waals surface area (Å²) in [5, 5.41) is 50.5. The predicted octanol–water partition coefficient (Wildman–Crippen LogP) is -0.805. The molecule has 0 aliphatic carbocycles. The van der Waals surface area contributed by atoms with Crippen molar-refractivity contribution in [3.63, 3.8) is 0 Å². The average Bonchev–Trinajstić information content (AvgIpc) is 3.76. The monoisotopic (exact) mass is 1020 g/mol. The number of carbonyl (C=O) groups is 7. The van der Waals surface area contributed by atoms with Crippen LogP contribution in [0.1, 0.15) is 49.8 Å². The Labute approximate surface area is 420 Å². The zero-order valence-electron chi connectivity index (χ0n) is 39.7. The number of aromatic amines is 1. The molecule has 0 saturated carbocycles. The van der Waals surface area contributed by atoms with Gasteiger partial charge < -0.3 is 69.0 Å². The first-order chi connectivity index (χ1) is 34.1. The number of hydrogen-bond donors (Lipinski definition) is 13. The first kappa shape index (κ1) is 55.9. The maximum absolute atomic E-state index is 14.7. The van der Waals surface area contributed by atoms with E-state index in [0.29, 0.717) is 24.0 Å². The largest absolute Gasteiger partial charge is 0.394 e. The number of benzene rings is 3. The van der Waals surface area contributed by atoms with Gasteiger partial charge in [-0.15, -0.1) is 0 Å². The normalized spacial score (nSPS) is 22.8. The summed E-state index contributed by atoms with van der Waals surface area (Å²) in [7, 11) is 2.06. The number of unbranched alkanes of at least 4 members (excludes halogenated alkanes) is 1. The molecule has 1 saturated heterocycles. The van der Waals surface area contributed by atoms with Crippen molar-refractivity contribution in [1.29, 1.82) is 0 Å². The molecule has 1 aliphatic heterocycles. The topological polar surface area (TPSA) is 332 Å². The molecule has 4 aromatic rings. The zero-order valence-corrected chi connectivity index (χ0v) is 41.3. The Bertz CT molecular complexity index is 2400. The van der Waals surface area contributed by atoms with Gasteiger partial charge in [-0.3, -0.25) is 33.6 Å². The Hall–Kier alpha value is -6.01. The van der Waals surface area contributed by atoms with Crippen molar-refractivity contribution in [2.45, 2.75) is 113 Å². The third-order valence-corrected chi connectivity index (χ3v) is 14.3. The van der Waals surface area contributed by atoms with Crippen LogP contribution in [0.5, 0.6) is 0 Å². The smallest absolute Gasteiger partial charge is 0.245 e. The van der Waals surface area contributed by atoms with Crippen molar-refractivity contribution >= 4 is 73.8 Å². The number of amides is 7. The summed E-state index contributed by atoms with van der Waals surface area (Å²) in [6.45, 7) is 2.23. The minimum Gasteiger partial charge on any atom is -0.394 e. The lowest BCUT2D eigenvalue weighted by Gasteiger charge is -2.29. The number of aliphatic hydroxyl groups is 3. The fourth-order valence-corrected chi connectivity index (χ4v) is 10.1. The number of carbonyl (C=O) groups excluding carboxylic acids is 7. The summed E-state index contributed by atoms with van der Waals surface area (Å²) >= 11 is 0. The molecule has 7 amide bonds. The number of para-hydroxylation sites is 1. The molecule has 5 rings (SSSR count). The molecule has 384 valence electrons. The first-order valence-electron chi connectivity index (χ1n) is 23.5. The first-order valence-corrected chi connectivity index (χ1v) is 26.0. The van der Waals surface area contributed by atoms with Crippen LogP contribution in [0, 0.1) is 0 Å². The van der Waals surface area contributed by atoms with Gasteiger partial charge in [0.05, 0.1) is 30.9 Å². The number of aromatic nitrogens is 1. The zero-order chi connectivity index (χ0) is 51.5. The van der Waals surface area contributed by atoms with Gasteiger partial charge in [0.15, 0.2) is 0 Å². The van der Waals surface area contributed by atoms with Gasteiger partial charge in [-0.05, 0) is 68.8 Å². The van der Waals surface area contributed by atoms with Crippen LogP contribution in [0.4, 0.5) is 0 Å². The lowest BCUT2D eigenvalue weighted by atomic mass is 10.0. The van der Waals surface area contributed by atoms with E-state index in [9.17, 15) is 48.9 Å². The van der Waals surface area contributed by atoms with Crippen molar-refractivity contribution in [1.82, 2.24) is 42.2 Å². The molecule has 71 heavy (non-hydrogen) atoms. The second-order valence-electron chi connectivity index (χ2n) is 17.5. The fraction of sp³-hybridized carbons (Fsp3) is 0.449. The Balaban J connectivity index is 1.56. The molecular formula is C49H66N10O10S2. The maximum Gasteiger partial charge on any atom is 0.245 e. The summed E-state index contributed by atoms with van der Waals surface area (Å²) in [6, 6.07) is 14.6. The Kier molecular flexibility index (Phi) is 22.2. The molecule has 10 atom stereocenters. The van der Waals surface area contributed by atoms with Crippen LogP contribution in [-0.4, -0.2) is 147 Å². The molecule has 1 aliphatic rings. The molecule has 2 unspecified atom stereocenters. The van der Waals surface area contributed by atoms with E-state index in [2.05, 4.69) is 42.2 Å². The van der Waals surface area contributed by atoms with Crippen LogP contribution in [0.25, 0.3) is 10.9 Å². The van der Waals surface area contributed by atoms with Crippen molar-refractivity contribution in [3.8, 4) is 0 Å². The van der Waals surface area contributed by atoms with Gasteiger partial charge in [-0.1, -0.05) is 100 Å². The van der Waals surface area contributed by atoms with Gasteiger partial charge in [-0.25, -0.2) is 0 Å². The van der Waals surface area contributed by atoms with E-state index >= 15 is 0 Å². The van der Waals surface area contributed by atoms with E-state index in [0.717, 1.165) is 38.1 Å². The van der Waals surface area contributed by atoms with Crippen LogP contribution in [-0.2, 0) is 52.8 Å². The average molecular weight is 1020 g/mol. The molecule has 0 radical (unpaired) electrons. The molecule has 22 heteroatoms. The summed E-state index contributed by atoms with van der Waals surface area (Å²) < 4.78 is 0. The fourth-order valence-electron chi connectivity index (χ4n) is 7.73. The summed E-state index contributed by atoms with van der Waals surface area (Å²) in [5.41, 5.74) is 15.0. The number of rotatable bonds is 17. The van der Waals surface area contributed by atoms with Gasteiger partial charge in [0.2, 0.25) is 41.4 Å². The SMILES string of the molecule is C[C@@H](O)[C@@H]1NC(=O)C(CCCCN)NC(=O)[C@@H](Cc2c[nH]c3ccccc23)NC(=O)[C@H](Cc2ccccc2)NC(=O)C(NC(=O)[C@H](N)Cc2ccccc2)CSSC[C@@H](C(=O)N[C@H](CO)[C@@H](C)O)NC1=O. The van der Waals surface area contributed by atoms with E-state index < -0.39 is 108 Å². The number of aliphatic hydroxyl groups excluding tert-OH is 3. The van der Waals surface area contributed by atoms with E-state index in [1.165, 1.54) is 13.8 Å². The minimum atomic E-state index is -1.66. The van der Waals surface area contributed by atoms with Gasteiger partial charge in [0, 0.05) is 41.4 Å². The standard InChI is InChI=1S/C49H66N10O10S2/c1-28(61)39(25-60)56-48(68)41-27-71-70-26-40(57-43(63)34(51)21-30-13-5-3-6-14-30)47(67)54-37(22-31-15-7-4-8-16-31)45(65)55-38(23-32-24-52-35-18-10-9-17-33(32)35)46(66)53-36(19-11-12-20-50)44(64)59-42(29(2)62)49(69)58-41/h3-10,13-18,24,28-29,34,36-42,52,60-62H,11-12,19-23,25-27,50-51H2,1-2H3,(H,53,66)(H,54,67)(H,55,65)(H,56,68)(H,57,63)(H,58,69)(H,59,64)/t28-,29-,34-,36?,37+,38-,39-,40?,41+,42+/m1/s1. The molecular weight excluding hydrogens is 953 g/mol. The van der Waals surface area contributed by atoms with Crippen molar-refractivity contribution in [2.24, 2.45) is 11.5 Å². The highest BCUT2D eigenvalue weighted by Gasteiger charge is 2.36. The number of H-pyrrole nitrogens is 1. The van der Waals surface area contributed by atoms with Crippen molar-refractivity contribution in [3.05, 3.63) is 108 Å². The van der Waals surface area contributed by atoms with E-state index in [-0.39, 0.29) is 43.7 Å². The third kappa shape index (κ3) is 17.1. The Morgan fingerprint density at radius 2 is 1.31 bits per heavy atom. The van der Waals surface area contributed by atoms with E-state index in [4.69, 9.17) is 11.5 Å². The molecule has 1 aromatic heterocycles. The lowest BCUT2D eigenvalue weighted by molar-refractivity contribution is -0.136.